The van der Waals surface area contributed by atoms with E-state index in [1.807, 2.05) is 0 Å². The molecule has 0 fully saturated rings. The maximum atomic E-state index is 13.4. The first kappa shape index (κ1) is 20.4. The van der Waals surface area contributed by atoms with Crippen LogP contribution in [0.25, 0.3) is 0 Å². The molecule has 140 valence electrons. The molecule has 0 aromatic carbocycles. The van der Waals surface area contributed by atoms with Crippen molar-refractivity contribution < 1.29 is 49.6 Å². The van der Waals surface area contributed by atoms with Crippen molar-refractivity contribution in [1.29, 1.82) is 0 Å². The minimum absolute atomic E-state index is 0.229. The van der Waals surface area contributed by atoms with Crippen LogP contribution in [-0.2, 0) is 7.05 Å². The number of halogens is 8. The SMILES string of the molecule is Cn1c(C(=O)[N+](=O)C(F)(F)C(F)(F)C(F)(F)C(F)F)ccc1[N+](=O)[O-]. The zero-order chi connectivity index (χ0) is 20.0. The van der Waals surface area contributed by atoms with Gasteiger partial charge in [-0.1, -0.05) is 0 Å². The molecule has 7 nitrogen and oxygen atoms in total. The summed E-state index contributed by atoms with van der Waals surface area (Å²) in [5.74, 6) is -17.1. The smallest absolute Gasteiger partial charge is 0.358 e. The molecule has 0 radical (unpaired) electrons. The topological polar surface area (TPSA) is 85.2 Å². The van der Waals surface area contributed by atoms with Gasteiger partial charge in [-0.3, -0.25) is 0 Å². The van der Waals surface area contributed by atoms with Gasteiger partial charge in [-0.05, 0) is 4.92 Å². The van der Waals surface area contributed by atoms with Gasteiger partial charge in [-0.2, -0.15) is 17.6 Å². The van der Waals surface area contributed by atoms with Gasteiger partial charge in [0.1, 0.15) is 0 Å². The molecular weight excluding hydrogens is 378 g/mol. The van der Waals surface area contributed by atoms with Crippen molar-refractivity contribution in [2.75, 3.05) is 0 Å². The normalized spacial score (nSPS) is 13.2. The summed E-state index contributed by atoms with van der Waals surface area (Å²) in [6.45, 7) is 0. The summed E-state index contributed by atoms with van der Waals surface area (Å²) in [7, 11) is 0.712. The fourth-order valence-corrected chi connectivity index (χ4v) is 1.60. The lowest BCUT2D eigenvalue weighted by molar-refractivity contribution is -0.663. The van der Waals surface area contributed by atoms with Crippen LogP contribution in [0, 0.1) is 15.0 Å². The Balaban J connectivity index is 3.33. The molecule has 0 spiro atoms. The number of rotatable bonds is 6. The van der Waals surface area contributed by atoms with Crippen molar-refractivity contribution >= 4 is 11.7 Å². The monoisotopic (exact) mass is 384 g/mol. The van der Waals surface area contributed by atoms with Gasteiger partial charge in [-0.25, -0.2) is 18.1 Å². The third-order valence-corrected chi connectivity index (χ3v) is 3.01. The van der Waals surface area contributed by atoms with E-state index in [4.69, 9.17) is 0 Å². The lowest BCUT2D eigenvalue weighted by Crippen LogP contribution is -2.62. The lowest BCUT2D eigenvalue weighted by atomic mass is 10.1. The van der Waals surface area contributed by atoms with E-state index in [0.717, 1.165) is 0 Å². The molecule has 0 aliphatic rings. The molecule has 0 atom stereocenters. The highest BCUT2D eigenvalue weighted by Gasteiger charge is 2.85. The van der Waals surface area contributed by atoms with Gasteiger partial charge in [0, 0.05) is 17.0 Å². The molecule has 0 saturated heterocycles. The van der Waals surface area contributed by atoms with Gasteiger partial charge in [0.2, 0.25) is 5.69 Å². The molecule has 0 aliphatic carbocycles. The molecule has 0 bridgehead atoms. The highest BCUT2D eigenvalue weighted by Crippen LogP contribution is 2.49. The molecule has 0 unspecified atom stereocenters. The predicted molar refractivity (Wildman–Crippen MR) is 60.9 cm³/mol. The summed E-state index contributed by atoms with van der Waals surface area (Å²) in [6, 6.07) is -5.64. The number of nitro groups is 1. The molecule has 1 rings (SSSR count). The first-order chi connectivity index (χ1) is 11.1. The number of alkyl halides is 8. The van der Waals surface area contributed by atoms with Crippen molar-refractivity contribution in [2.45, 2.75) is 24.3 Å². The van der Waals surface area contributed by atoms with Crippen LogP contribution in [-0.4, -0.2) is 44.5 Å². The number of aromatic nitrogens is 1. The summed E-state index contributed by atoms with van der Waals surface area (Å²) < 4.78 is 100.0. The van der Waals surface area contributed by atoms with Crippen LogP contribution in [0.15, 0.2) is 12.1 Å². The van der Waals surface area contributed by atoms with Crippen LogP contribution in [0.4, 0.5) is 40.9 Å². The highest BCUT2D eigenvalue weighted by atomic mass is 19.4. The molecule has 15 heteroatoms. The summed E-state index contributed by atoms with van der Waals surface area (Å²) in [6.07, 6.45) is -5.27. The Labute approximate surface area is 131 Å². The lowest BCUT2D eigenvalue weighted by Gasteiger charge is -2.25. The predicted octanol–water partition coefficient (Wildman–Crippen LogP) is 2.98. The number of carbonyl (C=O) groups is 1. The van der Waals surface area contributed by atoms with Crippen LogP contribution < -0.4 is 0 Å². The van der Waals surface area contributed by atoms with Gasteiger partial charge in [0.05, 0.1) is 7.05 Å². The second kappa shape index (κ2) is 6.03. The number of carbonyl (C=O) groups excluding carboxylic acids is 1. The largest absolute Gasteiger partial charge is 0.582 e. The van der Waals surface area contributed by atoms with E-state index in [-0.39, 0.29) is 4.57 Å². The third kappa shape index (κ3) is 2.93. The van der Waals surface area contributed by atoms with Crippen LogP contribution in [0.3, 0.4) is 0 Å². The van der Waals surface area contributed by atoms with E-state index in [9.17, 15) is 54.9 Å². The van der Waals surface area contributed by atoms with Crippen LogP contribution in [0.5, 0.6) is 0 Å². The number of amides is 1. The quantitative estimate of drug-likeness (QED) is 0.248. The summed E-state index contributed by atoms with van der Waals surface area (Å²) >= 11 is 0. The van der Waals surface area contributed by atoms with Gasteiger partial charge in [0.15, 0.2) is 4.76 Å². The third-order valence-electron chi connectivity index (χ3n) is 3.01. The fraction of sp³-hybridized carbons (Fsp3) is 0.500. The average Bonchev–Trinajstić information content (AvgIpc) is 2.86. The van der Waals surface area contributed by atoms with Crippen LogP contribution in [0.1, 0.15) is 10.5 Å². The van der Waals surface area contributed by atoms with Gasteiger partial charge >= 0.3 is 36.0 Å². The number of hydrogen-bond acceptors (Lipinski definition) is 4. The molecule has 0 aliphatic heterocycles. The van der Waals surface area contributed by atoms with Crippen LogP contribution >= 0.6 is 0 Å². The molecular formula is C10H6F8N3O4+. The maximum absolute atomic E-state index is 13.4. The summed E-state index contributed by atoms with van der Waals surface area (Å²) in [4.78, 5) is 32.1. The number of nitrogens with zero attached hydrogens (tertiary/aromatic N) is 3. The first-order valence-electron chi connectivity index (χ1n) is 5.84. The Kier molecular flexibility index (Phi) is 4.93. The fourth-order valence-electron chi connectivity index (χ4n) is 1.60. The van der Waals surface area contributed by atoms with E-state index >= 15 is 0 Å². The Morgan fingerprint density at radius 3 is 1.96 bits per heavy atom. The zero-order valence-electron chi connectivity index (χ0n) is 11.7. The average molecular weight is 384 g/mol. The van der Waals surface area contributed by atoms with E-state index in [1.165, 1.54) is 0 Å². The van der Waals surface area contributed by atoms with E-state index in [0.29, 0.717) is 19.2 Å². The standard InChI is InChI=1S/C10H6F8N3O4/c1-19-4(2-3-5(19)21(24)25)6(22)20(23)10(17,18)9(15,16)8(13,14)7(11)12/h2-3,7H,1H3/q+1. The van der Waals surface area contributed by atoms with Crippen molar-refractivity contribution in [3.63, 3.8) is 0 Å². The number of hydrogen-bond donors (Lipinski definition) is 0. The Hall–Kier alpha value is -2.61. The second-order valence-electron chi connectivity index (χ2n) is 4.53. The van der Waals surface area contributed by atoms with Crippen LogP contribution in [0.2, 0.25) is 0 Å². The zero-order valence-corrected chi connectivity index (χ0v) is 11.7. The van der Waals surface area contributed by atoms with E-state index in [2.05, 4.69) is 0 Å². The molecule has 0 N–H and O–H groups in total. The Morgan fingerprint density at radius 2 is 1.60 bits per heavy atom. The number of nitroso groups, excluding NO2 is 1. The van der Waals surface area contributed by atoms with E-state index in [1.54, 1.807) is 0 Å². The maximum Gasteiger partial charge on any atom is 0.582 e. The molecule has 1 aromatic heterocycles. The molecule has 1 amide bonds. The molecule has 1 aromatic rings. The van der Waals surface area contributed by atoms with Gasteiger partial charge in [0.25, 0.3) is 0 Å². The minimum Gasteiger partial charge on any atom is -0.358 e. The second-order valence-corrected chi connectivity index (χ2v) is 4.53. The van der Waals surface area contributed by atoms with Crippen molar-refractivity contribution in [3.8, 4) is 0 Å². The first-order valence-corrected chi connectivity index (χ1v) is 5.84. The highest BCUT2D eigenvalue weighted by molar-refractivity contribution is 5.86. The Morgan fingerprint density at radius 1 is 1.12 bits per heavy atom. The molecule has 0 saturated carbocycles. The summed E-state index contributed by atoms with van der Waals surface area (Å²) in [5.41, 5.74) is -1.24. The summed E-state index contributed by atoms with van der Waals surface area (Å²) in [5, 5.41) is 10.5. The molecule has 25 heavy (non-hydrogen) atoms. The van der Waals surface area contributed by atoms with E-state index < -0.39 is 51.4 Å². The van der Waals surface area contributed by atoms with Crippen molar-refractivity contribution in [2.24, 2.45) is 7.05 Å². The van der Waals surface area contributed by atoms with Gasteiger partial charge < -0.3 is 10.1 Å². The molecule has 1 heterocycles. The van der Waals surface area contributed by atoms with Crippen molar-refractivity contribution in [3.05, 3.63) is 32.8 Å². The minimum atomic E-state index is -6.93. The Bertz CT molecular complexity index is 730. The van der Waals surface area contributed by atoms with Crippen molar-refractivity contribution in [1.82, 2.24) is 4.57 Å². The van der Waals surface area contributed by atoms with Gasteiger partial charge in [-0.15, -0.1) is 8.78 Å².